The molecule has 3 aromatic heterocycles. The van der Waals surface area contributed by atoms with Gasteiger partial charge in [-0.3, -0.25) is 9.48 Å². The molecular weight excluding hydrogens is 456 g/mol. The predicted molar refractivity (Wildman–Crippen MR) is 126 cm³/mol. The normalized spacial score (nSPS) is 20.2. The number of hydrogen-bond acceptors (Lipinski definition) is 7. The third-order valence-electron chi connectivity index (χ3n) is 6.75. The molecule has 0 bridgehead atoms. The largest absolute Gasteiger partial charge is 0.444 e. The Morgan fingerprint density at radius 1 is 1.20 bits per heavy atom. The highest BCUT2D eigenvalue weighted by Gasteiger charge is 2.27. The number of carbonyl (C=O) groups is 1. The third-order valence-corrected chi connectivity index (χ3v) is 6.75. The van der Waals surface area contributed by atoms with Gasteiger partial charge in [-0.15, -0.1) is 0 Å². The smallest absolute Gasteiger partial charge is 0.284 e. The van der Waals surface area contributed by atoms with Crippen molar-refractivity contribution in [1.29, 1.82) is 0 Å². The monoisotopic (exact) mass is 485 g/mol. The molecule has 2 aliphatic rings. The van der Waals surface area contributed by atoms with Gasteiger partial charge in [-0.2, -0.15) is 5.10 Å². The molecule has 186 valence electrons. The number of hydrogen-bond donors (Lipinski definition) is 3. The Morgan fingerprint density at radius 3 is 2.69 bits per heavy atom. The number of alkyl halides is 2. The zero-order chi connectivity index (χ0) is 24.4. The summed E-state index contributed by atoms with van der Waals surface area (Å²) in [4.78, 5) is 21.3. The van der Waals surface area contributed by atoms with E-state index in [4.69, 9.17) is 10.2 Å². The molecule has 9 nitrogen and oxygen atoms in total. The number of halogens is 2. The van der Waals surface area contributed by atoms with Gasteiger partial charge >= 0.3 is 0 Å². The number of nitrogens with one attached hydrogen (secondary N) is 2. The van der Waals surface area contributed by atoms with Crippen LogP contribution in [-0.4, -0.2) is 38.7 Å². The van der Waals surface area contributed by atoms with E-state index < -0.39 is 18.0 Å². The lowest BCUT2D eigenvalue weighted by Gasteiger charge is -2.27. The fourth-order valence-electron chi connectivity index (χ4n) is 4.42. The zero-order valence-corrected chi connectivity index (χ0v) is 19.3. The lowest BCUT2D eigenvalue weighted by molar-refractivity contribution is 0.102. The van der Waals surface area contributed by atoms with Gasteiger partial charge in [0.05, 0.1) is 11.7 Å². The second kappa shape index (κ2) is 10.1. The number of rotatable bonds is 9. The maximum absolute atomic E-state index is 13.7. The summed E-state index contributed by atoms with van der Waals surface area (Å²) >= 11 is 0. The second-order valence-electron chi connectivity index (χ2n) is 9.37. The molecule has 0 aliphatic heterocycles. The molecular formula is C24H29F2N7O2. The van der Waals surface area contributed by atoms with Gasteiger partial charge in [-0.25, -0.2) is 18.7 Å². The Labute approximate surface area is 201 Å². The topological polar surface area (TPSA) is 124 Å². The molecule has 0 saturated heterocycles. The van der Waals surface area contributed by atoms with E-state index in [-0.39, 0.29) is 23.3 Å². The van der Waals surface area contributed by atoms with Crippen LogP contribution < -0.4 is 16.4 Å². The molecule has 1 amide bonds. The van der Waals surface area contributed by atoms with Gasteiger partial charge in [-0.1, -0.05) is 0 Å². The van der Waals surface area contributed by atoms with E-state index in [1.165, 1.54) is 25.3 Å². The number of carbonyl (C=O) groups excluding carboxylic acids is 1. The molecule has 2 saturated carbocycles. The minimum Gasteiger partial charge on any atom is -0.444 e. The van der Waals surface area contributed by atoms with E-state index in [0.717, 1.165) is 32.2 Å². The minimum absolute atomic E-state index is 0.00835. The molecule has 2 fully saturated rings. The van der Waals surface area contributed by atoms with Crippen LogP contribution in [0.4, 0.5) is 20.3 Å². The van der Waals surface area contributed by atoms with Gasteiger partial charge in [0.1, 0.15) is 12.1 Å². The third kappa shape index (κ3) is 5.50. The summed E-state index contributed by atoms with van der Waals surface area (Å²) in [6.45, 7) is 1.50. The van der Waals surface area contributed by atoms with Gasteiger partial charge < -0.3 is 20.8 Å². The molecule has 2 aliphatic carbocycles. The summed E-state index contributed by atoms with van der Waals surface area (Å²) in [6.07, 6.45) is 7.46. The van der Waals surface area contributed by atoms with Crippen LogP contribution in [0.1, 0.15) is 67.2 Å². The predicted octanol–water partition coefficient (Wildman–Crippen LogP) is 4.63. The molecule has 3 heterocycles. The molecule has 35 heavy (non-hydrogen) atoms. The number of oxazole rings is 1. The highest BCUT2D eigenvalue weighted by Crippen LogP contribution is 2.34. The maximum atomic E-state index is 13.7. The van der Waals surface area contributed by atoms with E-state index in [0.29, 0.717) is 29.8 Å². The van der Waals surface area contributed by atoms with E-state index in [1.54, 1.807) is 23.0 Å². The van der Waals surface area contributed by atoms with Crippen molar-refractivity contribution >= 4 is 17.4 Å². The van der Waals surface area contributed by atoms with E-state index >= 15 is 0 Å². The first kappa shape index (κ1) is 23.4. The minimum atomic E-state index is -2.82. The Hall–Kier alpha value is -3.34. The van der Waals surface area contributed by atoms with Gasteiger partial charge in [0, 0.05) is 24.5 Å². The summed E-state index contributed by atoms with van der Waals surface area (Å²) < 4.78 is 34.4. The van der Waals surface area contributed by atoms with Crippen molar-refractivity contribution in [2.24, 2.45) is 17.6 Å². The highest BCUT2D eigenvalue weighted by molar-refractivity contribution is 6.03. The van der Waals surface area contributed by atoms with E-state index in [2.05, 4.69) is 25.7 Å². The molecule has 0 atom stereocenters. The van der Waals surface area contributed by atoms with Crippen molar-refractivity contribution in [2.45, 2.75) is 51.0 Å². The standard InChI is InChI=1S/C24H29F2N7O2/c25-22(26)21-18(12-33(32-21)17-5-3-14(10-27)4-6-17)30-23(34)19-13-35-24(31-19)16-7-8-28-20(9-16)29-11-15-1-2-15/h7-9,12-15,17,22H,1-6,10-11,27H2,(H,28,29)(H,30,34). The van der Waals surface area contributed by atoms with Crippen LogP contribution in [-0.2, 0) is 0 Å². The van der Waals surface area contributed by atoms with Crippen molar-refractivity contribution in [2.75, 3.05) is 23.7 Å². The summed E-state index contributed by atoms with van der Waals surface area (Å²) in [5.74, 6) is 1.46. The SMILES string of the molecule is NCC1CCC(n2cc(NC(=O)c3coc(-c4ccnc(NCC5CC5)c4)n3)c(C(F)F)n2)CC1. The van der Waals surface area contributed by atoms with Crippen molar-refractivity contribution < 1.29 is 18.0 Å². The van der Waals surface area contributed by atoms with Crippen LogP contribution in [0.15, 0.2) is 35.2 Å². The van der Waals surface area contributed by atoms with Crippen molar-refractivity contribution in [1.82, 2.24) is 19.7 Å². The Bertz CT molecular complexity index is 1170. The number of nitrogens with two attached hydrogens (primary N) is 1. The average Bonchev–Trinajstić information content (AvgIpc) is 3.39. The Balaban J connectivity index is 1.28. The maximum Gasteiger partial charge on any atom is 0.284 e. The number of aromatic nitrogens is 4. The van der Waals surface area contributed by atoms with Crippen LogP contribution in [0.3, 0.4) is 0 Å². The van der Waals surface area contributed by atoms with Crippen molar-refractivity contribution in [3.8, 4) is 11.5 Å². The summed E-state index contributed by atoms with van der Waals surface area (Å²) in [5, 5.41) is 9.91. The summed E-state index contributed by atoms with van der Waals surface area (Å²) in [7, 11) is 0. The number of nitrogens with zero attached hydrogens (tertiary/aromatic N) is 4. The molecule has 5 rings (SSSR count). The Kier molecular flexibility index (Phi) is 6.76. The first-order valence-corrected chi connectivity index (χ1v) is 12.0. The quantitative estimate of drug-likeness (QED) is 0.403. The average molecular weight is 486 g/mol. The number of amides is 1. The molecule has 11 heteroatoms. The molecule has 3 aromatic rings. The lowest BCUT2D eigenvalue weighted by atomic mass is 9.86. The number of anilines is 2. The van der Waals surface area contributed by atoms with Gasteiger partial charge in [0.25, 0.3) is 12.3 Å². The second-order valence-corrected chi connectivity index (χ2v) is 9.37. The fraction of sp³-hybridized carbons (Fsp3) is 0.500. The number of pyridine rings is 1. The van der Waals surface area contributed by atoms with Crippen LogP contribution in [0.2, 0.25) is 0 Å². The summed E-state index contributed by atoms with van der Waals surface area (Å²) in [5.41, 5.74) is 5.92. The molecule has 0 unspecified atom stereocenters. The highest BCUT2D eigenvalue weighted by atomic mass is 19.3. The molecule has 4 N–H and O–H groups in total. The zero-order valence-electron chi connectivity index (χ0n) is 19.3. The van der Waals surface area contributed by atoms with Gasteiger partial charge in [0.2, 0.25) is 5.89 Å². The van der Waals surface area contributed by atoms with Crippen LogP contribution in [0.5, 0.6) is 0 Å². The van der Waals surface area contributed by atoms with Crippen molar-refractivity contribution in [3.63, 3.8) is 0 Å². The summed E-state index contributed by atoms with van der Waals surface area (Å²) in [6, 6.07) is 3.54. The molecule has 0 aromatic carbocycles. The lowest BCUT2D eigenvalue weighted by Crippen LogP contribution is -2.23. The first-order valence-electron chi connectivity index (χ1n) is 12.0. The fourth-order valence-corrected chi connectivity index (χ4v) is 4.42. The van der Waals surface area contributed by atoms with Crippen LogP contribution in [0, 0.1) is 11.8 Å². The van der Waals surface area contributed by atoms with E-state index in [1.807, 2.05) is 0 Å². The van der Waals surface area contributed by atoms with Crippen LogP contribution >= 0.6 is 0 Å². The van der Waals surface area contributed by atoms with Crippen LogP contribution in [0.25, 0.3) is 11.5 Å². The molecule has 0 radical (unpaired) electrons. The van der Waals surface area contributed by atoms with Crippen molar-refractivity contribution in [3.05, 3.63) is 42.2 Å². The van der Waals surface area contributed by atoms with E-state index in [9.17, 15) is 13.6 Å². The molecule has 0 spiro atoms. The van der Waals surface area contributed by atoms with Gasteiger partial charge in [-0.05, 0) is 69.0 Å². The Morgan fingerprint density at radius 2 is 1.97 bits per heavy atom. The first-order chi connectivity index (χ1) is 17.0. The van der Waals surface area contributed by atoms with Gasteiger partial charge in [0.15, 0.2) is 11.4 Å².